The zero-order chi connectivity index (χ0) is 12.7. The van der Waals surface area contributed by atoms with Crippen LogP contribution < -0.4 is 0 Å². The first-order valence-electron chi connectivity index (χ1n) is 6.11. The summed E-state index contributed by atoms with van der Waals surface area (Å²) in [6.45, 7) is 0. The van der Waals surface area contributed by atoms with Crippen LogP contribution in [0.4, 0.5) is 0 Å². The number of hydroxylamine groups is 2. The Morgan fingerprint density at radius 1 is 1.00 bits per heavy atom. The van der Waals surface area contributed by atoms with Crippen LogP contribution in [-0.4, -0.2) is 48.1 Å². The number of carbonyl (C=O) groups excluding carboxylic acids is 2. The summed E-state index contributed by atoms with van der Waals surface area (Å²) in [6.07, 6.45) is 2.99. The molecular weight excluding hydrogens is 220 g/mol. The molecule has 2 aliphatic rings. The first-order chi connectivity index (χ1) is 7.93. The molecule has 0 aromatic rings. The van der Waals surface area contributed by atoms with E-state index in [1.54, 1.807) is 19.0 Å². The van der Waals surface area contributed by atoms with Crippen LogP contribution >= 0.6 is 0 Å². The van der Waals surface area contributed by atoms with Crippen molar-refractivity contribution in [2.24, 2.45) is 23.7 Å². The molecule has 2 rings (SSSR count). The van der Waals surface area contributed by atoms with Gasteiger partial charge in [0.1, 0.15) is 0 Å². The van der Waals surface area contributed by atoms with Gasteiger partial charge in [-0.3, -0.25) is 14.8 Å². The highest BCUT2D eigenvalue weighted by Crippen LogP contribution is 2.53. The quantitative estimate of drug-likeness (QED) is 0.567. The molecule has 1 N–H and O–H groups in total. The third kappa shape index (κ3) is 1.92. The third-order valence-corrected chi connectivity index (χ3v) is 4.25. The van der Waals surface area contributed by atoms with Crippen LogP contribution in [0.3, 0.4) is 0 Å². The van der Waals surface area contributed by atoms with Crippen molar-refractivity contribution in [3.63, 3.8) is 0 Å². The van der Waals surface area contributed by atoms with Crippen molar-refractivity contribution in [1.82, 2.24) is 9.96 Å². The molecular formula is C12H20N2O3. The monoisotopic (exact) mass is 240 g/mol. The number of hydrogen-bond donors (Lipinski definition) is 1. The fraction of sp³-hybridized carbons (Fsp3) is 0.833. The third-order valence-electron chi connectivity index (χ3n) is 4.25. The number of nitrogens with zero attached hydrogens (tertiary/aromatic N) is 2. The van der Waals surface area contributed by atoms with Gasteiger partial charge in [0.15, 0.2) is 0 Å². The van der Waals surface area contributed by atoms with E-state index in [9.17, 15) is 14.8 Å². The molecule has 2 aliphatic carbocycles. The maximum atomic E-state index is 12.1. The lowest BCUT2D eigenvalue weighted by molar-refractivity contribution is -0.170. The van der Waals surface area contributed by atoms with Crippen LogP contribution in [0.15, 0.2) is 0 Å². The molecule has 2 fully saturated rings. The number of carbonyl (C=O) groups is 2. The minimum Gasteiger partial charge on any atom is -0.349 e. The standard InChI is InChI=1S/C12H20N2O3/c1-13(2)11(15)9-7-4-5-8(6-7)10(9)12(16)14(3)17/h7-10,17H,4-6H2,1-3H3/t7?,8?,9-,10+/m1/s1. The van der Waals surface area contributed by atoms with Gasteiger partial charge >= 0.3 is 0 Å². The van der Waals surface area contributed by atoms with E-state index in [4.69, 9.17) is 0 Å². The zero-order valence-electron chi connectivity index (χ0n) is 10.6. The molecule has 96 valence electrons. The molecule has 4 atom stereocenters. The van der Waals surface area contributed by atoms with E-state index in [0.717, 1.165) is 19.3 Å². The van der Waals surface area contributed by atoms with Gasteiger partial charge in [-0.1, -0.05) is 0 Å². The molecule has 0 spiro atoms. The lowest BCUT2D eigenvalue weighted by atomic mass is 9.78. The molecule has 0 radical (unpaired) electrons. The molecule has 5 heteroatoms. The van der Waals surface area contributed by atoms with Gasteiger partial charge in [0.05, 0.1) is 11.8 Å². The number of hydrogen-bond acceptors (Lipinski definition) is 3. The van der Waals surface area contributed by atoms with Crippen LogP contribution in [0.1, 0.15) is 19.3 Å². The summed E-state index contributed by atoms with van der Waals surface area (Å²) in [5.41, 5.74) is 0. The fourth-order valence-electron chi connectivity index (χ4n) is 3.52. The lowest BCUT2D eigenvalue weighted by Crippen LogP contribution is -2.44. The normalized spacial score (nSPS) is 34.8. The van der Waals surface area contributed by atoms with E-state index in [1.165, 1.54) is 7.05 Å². The van der Waals surface area contributed by atoms with Crippen LogP contribution in [0, 0.1) is 23.7 Å². The number of amides is 2. The Bertz CT molecular complexity index is 309. The van der Waals surface area contributed by atoms with E-state index >= 15 is 0 Å². The first-order valence-corrected chi connectivity index (χ1v) is 6.11. The highest BCUT2D eigenvalue weighted by molar-refractivity contribution is 5.88. The van der Waals surface area contributed by atoms with Crippen LogP contribution in [0.25, 0.3) is 0 Å². The minimum absolute atomic E-state index is 0.0254. The van der Waals surface area contributed by atoms with E-state index < -0.39 is 0 Å². The fourth-order valence-corrected chi connectivity index (χ4v) is 3.52. The number of rotatable bonds is 2. The van der Waals surface area contributed by atoms with Gasteiger partial charge in [-0.2, -0.15) is 0 Å². The van der Waals surface area contributed by atoms with E-state index in [1.807, 2.05) is 0 Å². The SMILES string of the molecule is CN(C)C(=O)[C@@H]1C2CCC(C2)[C@@H]1C(=O)N(C)O. The summed E-state index contributed by atoms with van der Waals surface area (Å²) in [6, 6.07) is 0. The van der Waals surface area contributed by atoms with Crippen molar-refractivity contribution in [3.8, 4) is 0 Å². The summed E-state index contributed by atoms with van der Waals surface area (Å²) in [5, 5.41) is 9.95. The van der Waals surface area contributed by atoms with Crippen molar-refractivity contribution >= 4 is 11.8 Å². The van der Waals surface area contributed by atoms with Crippen LogP contribution in [-0.2, 0) is 9.59 Å². The Labute approximate surface area is 101 Å². The first kappa shape index (κ1) is 12.4. The predicted molar refractivity (Wildman–Crippen MR) is 61.1 cm³/mol. The van der Waals surface area contributed by atoms with Gasteiger partial charge in [0.25, 0.3) is 0 Å². The molecule has 2 amide bonds. The molecule has 0 aromatic carbocycles. The van der Waals surface area contributed by atoms with Crippen molar-refractivity contribution < 1.29 is 14.8 Å². The number of fused-ring (bicyclic) bond motifs is 2. The predicted octanol–water partition coefficient (Wildman–Crippen LogP) is 0.584. The summed E-state index contributed by atoms with van der Waals surface area (Å²) in [7, 11) is 4.78. The molecule has 0 heterocycles. The second kappa shape index (κ2) is 4.29. The summed E-state index contributed by atoms with van der Waals surface area (Å²) in [5.74, 6) is -0.237. The Balaban J connectivity index is 2.23. The Kier molecular flexibility index (Phi) is 3.12. The van der Waals surface area contributed by atoms with Crippen LogP contribution in [0.5, 0.6) is 0 Å². The topological polar surface area (TPSA) is 60.9 Å². The van der Waals surface area contributed by atoms with Crippen molar-refractivity contribution in [1.29, 1.82) is 0 Å². The molecule has 5 nitrogen and oxygen atoms in total. The Hall–Kier alpha value is -1.10. The molecule has 2 unspecified atom stereocenters. The molecule has 2 saturated carbocycles. The maximum absolute atomic E-state index is 12.1. The largest absolute Gasteiger partial charge is 0.349 e. The highest BCUT2D eigenvalue weighted by atomic mass is 16.5. The highest BCUT2D eigenvalue weighted by Gasteiger charge is 2.54. The smallest absolute Gasteiger partial charge is 0.249 e. The average molecular weight is 240 g/mol. The van der Waals surface area contributed by atoms with E-state index in [2.05, 4.69) is 0 Å². The van der Waals surface area contributed by atoms with Crippen molar-refractivity contribution in [2.45, 2.75) is 19.3 Å². The minimum atomic E-state index is -0.321. The molecule has 0 aliphatic heterocycles. The van der Waals surface area contributed by atoms with Crippen LogP contribution in [0.2, 0.25) is 0 Å². The second-order valence-corrected chi connectivity index (χ2v) is 5.48. The zero-order valence-corrected chi connectivity index (χ0v) is 10.6. The summed E-state index contributed by atoms with van der Waals surface area (Å²) < 4.78 is 0. The average Bonchev–Trinajstić information content (AvgIpc) is 2.85. The maximum Gasteiger partial charge on any atom is 0.249 e. The lowest BCUT2D eigenvalue weighted by Gasteiger charge is -2.31. The molecule has 0 saturated heterocycles. The molecule has 0 aromatic heterocycles. The molecule has 17 heavy (non-hydrogen) atoms. The van der Waals surface area contributed by atoms with Gasteiger partial charge in [0.2, 0.25) is 11.8 Å². The van der Waals surface area contributed by atoms with Gasteiger partial charge in [-0.25, -0.2) is 5.06 Å². The van der Waals surface area contributed by atoms with Gasteiger partial charge in [0, 0.05) is 21.1 Å². The Morgan fingerprint density at radius 3 is 1.88 bits per heavy atom. The van der Waals surface area contributed by atoms with Gasteiger partial charge < -0.3 is 4.90 Å². The summed E-state index contributed by atoms with van der Waals surface area (Å²) in [4.78, 5) is 25.7. The Morgan fingerprint density at radius 2 is 1.47 bits per heavy atom. The summed E-state index contributed by atoms with van der Waals surface area (Å²) >= 11 is 0. The second-order valence-electron chi connectivity index (χ2n) is 5.48. The molecule has 2 bridgehead atoms. The van der Waals surface area contributed by atoms with Gasteiger partial charge in [-0.05, 0) is 31.1 Å². The van der Waals surface area contributed by atoms with Crippen molar-refractivity contribution in [3.05, 3.63) is 0 Å². The van der Waals surface area contributed by atoms with E-state index in [0.29, 0.717) is 11.0 Å². The van der Waals surface area contributed by atoms with Crippen molar-refractivity contribution in [2.75, 3.05) is 21.1 Å². The van der Waals surface area contributed by atoms with Gasteiger partial charge in [-0.15, -0.1) is 0 Å². The van der Waals surface area contributed by atoms with E-state index in [-0.39, 0.29) is 29.6 Å².